The third kappa shape index (κ3) is 5.71. The van der Waals surface area contributed by atoms with E-state index < -0.39 is 24.8 Å². The first-order valence-electron chi connectivity index (χ1n) is 10.1. The van der Waals surface area contributed by atoms with Crippen LogP contribution >= 0.6 is 34.8 Å². The van der Waals surface area contributed by atoms with Crippen LogP contribution in [0, 0.1) is 0 Å². The van der Waals surface area contributed by atoms with E-state index in [1.54, 1.807) is 42.5 Å². The van der Waals surface area contributed by atoms with Crippen molar-refractivity contribution >= 4 is 46.2 Å². The van der Waals surface area contributed by atoms with E-state index in [4.69, 9.17) is 34.8 Å². The molecule has 34 heavy (non-hydrogen) atoms. The van der Waals surface area contributed by atoms with Gasteiger partial charge in [0.25, 0.3) is 0 Å². The van der Waals surface area contributed by atoms with Crippen LogP contribution in [-0.2, 0) is 19.5 Å². The monoisotopic (exact) mass is 529 g/mol. The average molecular weight is 531 g/mol. The summed E-state index contributed by atoms with van der Waals surface area (Å²) in [6.07, 6.45) is -4.83. The molecule has 1 aromatic heterocycles. The van der Waals surface area contributed by atoms with E-state index in [-0.39, 0.29) is 12.4 Å². The lowest BCUT2D eigenvalue weighted by Crippen LogP contribution is -2.29. The van der Waals surface area contributed by atoms with Gasteiger partial charge in [-0.3, -0.25) is 4.57 Å². The zero-order valence-electron chi connectivity index (χ0n) is 17.5. The molecule has 6 nitrogen and oxygen atoms in total. The number of alkyl halides is 3. The Labute approximate surface area is 207 Å². The van der Waals surface area contributed by atoms with Gasteiger partial charge >= 0.3 is 11.9 Å². The topological polar surface area (TPSA) is 64.5 Å². The van der Waals surface area contributed by atoms with Crippen molar-refractivity contribution < 1.29 is 13.2 Å². The van der Waals surface area contributed by atoms with Gasteiger partial charge < -0.3 is 0 Å². The van der Waals surface area contributed by atoms with Crippen molar-refractivity contribution in [3.8, 4) is 11.4 Å². The second-order valence-electron chi connectivity index (χ2n) is 7.67. The Kier molecular flexibility index (Phi) is 7.16. The van der Waals surface area contributed by atoms with Crippen molar-refractivity contribution in [3.05, 3.63) is 73.6 Å². The van der Waals surface area contributed by atoms with E-state index in [1.165, 1.54) is 0 Å². The van der Waals surface area contributed by atoms with E-state index in [0.29, 0.717) is 44.9 Å². The van der Waals surface area contributed by atoms with Gasteiger partial charge in [0.05, 0.1) is 24.4 Å². The lowest BCUT2D eigenvalue weighted by molar-refractivity contribution is -0.136. The van der Waals surface area contributed by atoms with Gasteiger partial charge in [-0.25, -0.2) is 9.48 Å². The molecule has 0 radical (unpaired) electrons. The van der Waals surface area contributed by atoms with Gasteiger partial charge in [0, 0.05) is 40.0 Å². The maximum Gasteiger partial charge on any atom is 0.390 e. The fourth-order valence-electron chi connectivity index (χ4n) is 3.51. The highest BCUT2D eigenvalue weighted by molar-refractivity contribution is 6.36. The number of halogens is 6. The predicted molar refractivity (Wildman–Crippen MR) is 127 cm³/mol. The summed E-state index contributed by atoms with van der Waals surface area (Å²) in [6, 6.07) is 11.6. The molecule has 0 unspecified atom stereocenters. The van der Waals surface area contributed by atoms with Crippen LogP contribution < -0.4 is 5.69 Å². The molecule has 0 fully saturated rings. The van der Waals surface area contributed by atoms with Crippen molar-refractivity contribution in [2.75, 3.05) is 0 Å². The normalized spacial score (nSPS) is 13.8. The SMILES string of the molecule is O=c1n(CC2=NN=C(Cc3c(Cl)cccc3Cl)C2)nc(-c2ccc(Cl)cc2)n1CCC(F)(F)F. The molecule has 2 heterocycles. The van der Waals surface area contributed by atoms with Crippen molar-refractivity contribution in [1.82, 2.24) is 14.3 Å². The summed E-state index contributed by atoms with van der Waals surface area (Å²) in [5.41, 5.74) is 1.77. The molecule has 178 valence electrons. The van der Waals surface area contributed by atoms with Crippen molar-refractivity contribution in [1.29, 1.82) is 0 Å². The molecular formula is C22H17Cl3F3N5O. The molecule has 2 aromatic carbocycles. The molecule has 0 N–H and O–H groups in total. The highest BCUT2D eigenvalue weighted by atomic mass is 35.5. The zero-order valence-corrected chi connectivity index (χ0v) is 19.8. The molecule has 1 aliphatic heterocycles. The Morgan fingerprint density at radius 1 is 0.941 bits per heavy atom. The van der Waals surface area contributed by atoms with E-state index in [9.17, 15) is 18.0 Å². The molecule has 1 aliphatic rings. The van der Waals surface area contributed by atoms with E-state index in [2.05, 4.69) is 15.3 Å². The van der Waals surface area contributed by atoms with Gasteiger partial charge in [0.15, 0.2) is 5.82 Å². The van der Waals surface area contributed by atoms with Crippen LogP contribution in [0.15, 0.2) is 57.5 Å². The van der Waals surface area contributed by atoms with Crippen molar-refractivity contribution in [2.24, 2.45) is 10.2 Å². The lowest BCUT2D eigenvalue weighted by atomic mass is 10.0. The number of rotatable bonds is 7. The molecule has 4 rings (SSSR count). The third-order valence-corrected chi connectivity index (χ3v) is 6.12. The molecule has 0 saturated carbocycles. The fraction of sp³-hybridized carbons (Fsp3) is 0.273. The van der Waals surface area contributed by atoms with Gasteiger partial charge in [-0.15, -0.1) is 5.10 Å². The standard InChI is InChI=1S/C22H17Cl3F3N5O/c23-14-6-4-13(5-7-14)20-31-33(21(34)32(20)9-8-22(26,27)28)12-16-10-15(29-30-16)11-17-18(24)2-1-3-19(17)25/h1-7H,8-12H2. The summed E-state index contributed by atoms with van der Waals surface area (Å²) in [5.74, 6) is 0.119. The fourth-order valence-corrected chi connectivity index (χ4v) is 4.16. The van der Waals surface area contributed by atoms with Crippen LogP contribution in [0.2, 0.25) is 15.1 Å². The minimum absolute atomic E-state index is 0.0122. The summed E-state index contributed by atoms with van der Waals surface area (Å²) in [4.78, 5) is 12.9. The minimum Gasteiger partial charge on any atom is -0.275 e. The third-order valence-electron chi connectivity index (χ3n) is 5.16. The first-order chi connectivity index (χ1) is 16.1. The van der Waals surface area contributed by atoms with Crippen LogP contribution in [0.4, 0.5) is 13.2 Å². The van der Waals surface area contributed by atoms with Gasteiger partial charge in [-0.2, -0.15) is 23.4 Å². The Morgan fingerprint density at radius 2 is 1.59 bits per heavy atom. The average Bonchev–Trinajstić information content (AvgIpc) is 3.34. The van der Waals surface area contributed by atoms with E-state index >= 15 is 0 Å². The van der Waals surface area contributed by atoms with Crippen molar-refractivity contribution in [3.63, 3.8) is 0 Å². The largest absolute Gasteiger partial charge is 0.390 e. The summed E-state index contributed by atoms with van der Waals surface area (Å²) >= 11 is 18.4. The Morgan fingerprint density at radius 3 is 2.24 bits per heavy atom. The summed E-state index contributed by atoms with van der Waals surface area (Å²) in [7, 11) is 0. The molecule has 12 heteroatoms. The smallest absolute Gasteiger partial charge is 0.275 e. The number of hydrogen-bond acceptors (Lipinski definition) is 4. The van der Waals surface area contributed by atoms with Crippen LogP contribution in [0.3, 0.4) is 0 Å². The second-order valence-corrected chi connectivity index (χ2v) is 8.92. The quantitative estimate of drug-likeness (QED) is 0.372. The van der Waals surface area contributed by atoms with Crippen LogP contribution in [-0.4, -0.2) is 31.9 Å². The number of aromatic nitrogens is 3. The Balaban J connectivity index is 1.54. The minimum atomic E-state index is -4.42. The predicted octanol–water partition coefficient (Wildman–Crippen LogP) is 6.07. The molecule has 0 atom stereocenters. The molecule has 0 bridgehead atoms. The molecule has 0 aliphatic carbocycles. The molecular weight excluding hydrogens is 514 g/mol. The summed E-state index contributed by atoms with van der Waals surface area (Å²) < 4.78 is 40.7. The molecule has 0 spiro atoms. The van der Waals surface area contributed by atoms with Crippen LogP contribution in [0.25, 0.3) is 11.4 Å². The number of nitrogens with zero attached hydrogens (tertiary/aromatic N) is 5. The second kappa shape index (κ2) is 9.93. The van der Waals surface area contributed by atoms with Gasteiger partial charge in [-0.1, -0.05) is 40.9 Å². The Bertz CT molecular complexity index is 1310. The van der Waals surface area contributed by atoms with Crippen molar-refractivity contribution in [2.45, 2.75) is 38.5 Å². The first-order valence-corrected chi connectivity index (χ1v) is 11.3. The lowest BCUT2D eigenvalue weighted by Gasteiger charge is -2.08. The van der Waals surface area contributed by atoms with Crippen LogP contribution in [0.1, 0.15) is 18.4 Å². The van der Waals surface area contributed by atoms with E-state index in [1.807, 2.05) is 0 Å². The highest BCUT2D eigenvalue weighted by Crippen LogP contribution is 2.27. The Hall–Kier alpha value is -2.62. The maximum atomic E-state index is 12.9. The van der Waals surface area contributed by atoms with Crippen LogP contribution in [0.5, 0.6) is 0 Å². The maximum absolute atomic E-state index is 12.9. The van der Waals surface area contributed by atoms with Gasteiger partial charge in [0.2, 0.25) is 0 Å². The summed E-state index contributed by atoms with van der Waals surface area (Å²) in [6.45, 7) is -0.568. The van der Waals surface area contributed by atoms with Gasteiger partial charge in [0.1, 0.15) is 0 Å². The number of hydrogen-bond donors (Lipinski definition) is 0. The molecule has 0 amide bonds. The van der Waals surface area contributed by atoms with Gasteiger partial charge in [-0.05, 0) is 42.0 Å². The first kappa shape index (κ1) is 24.5. The molecule has 0 saturated heterocycles. The molecule has 3 aromatic rings. The zero-order chi connectivity index (χ0) is 24.5. The summed E-state index contributed by atoms with van der Waals surface area (Å²) in [5, 5.41) is 14.1. The van der Waals surface area contributed by atoms with E-state index in [0.717, 1.165) is 14.8 Å². The highest BCUT2D eigenvalue weighted by Gasteiger charge is 2.29. The number of benzene rings is 2.